The third-order valence-electron chi connectivity index (χ3n) is 4.52. The third kappa shape index (κ3) is 2.51. The zero-order valence-electron chi connectivity index (χ0n) is 10.7. The van der Waals surface area contributed by atoms with Crippen molar-refractivity contribution in [3.05, 3.63) is 27.7 Å². The topological polar surface area (TPSA) is 35.5 Å². The minimum Gasteiger partial charge on any atom is -0.394 e. The van der Waals surface area contributed by atoms with Crippen LogP contribution in [0.1, 0.15) is 12.8 Å². The molecule has 2 aliphatic rings. The van der Waals surface area contributed by atoms with Crippen LogP contribution in [0, 0.1) is 5.92 Å². The second kappa shape index (κ2) is 5.24. The maximum atomic E-state index is 9.93. The summed E-state index contributed by atoms with van der Waals surface area (Å²) in [5.41, 5.74) is 0.839. The number of nitrogens with zero attached hydrogens (tertiary/aromatic N) is 1. The van der Waals surface area contributed by atoms with E-state index in [-0.39, 0.29) is 12.1 Å². The molecule has 2 saturated heterocycles. The largest absolute Gasteiger partial charge is 0.394 e. The Morgan fingerprint density at radius 1 is 1.47 bits per heavy atom. The molecule has 0 saturated carbocycles. The molecule has 2 aliphatic heterocycles. The van der Waals surface area contributed by atoms with Crippen LogP contribution < -0.4 is 5.32 Å². The van der Waals surface area contributed by atoms with Gasteiger partial charge in [0, 0.05) is 23.2 Å². The summed E-state index contributed by atoms with van der Waals surface area (Å²) in [6.07, 6.45) is 2.16. The summed E-state index contributed by atoms with van der Waals surface area (Å²) in [6.45, 7) is 3.52. The molecule has 19 heavy (non-hydrogen) atoms. The lowest BCUT2D eigenvalue weighted by Gasteiger charge is -2.43. The van der Waals surface area contributed by atoms with Crippen molar-refractivity contribution in [3.63, 3.8) is 0 Å². The summed E-state index contributed by atoms with van der Waals surface area (Å²) < 4.78 is 0.885. The van der Waals surface area contributed by atoms with E-state index in [1.54, 1.807) is 0 Å². The van der Waals surface area contributed by atoms with Gasteiger partial charge in [-0.2, -0.15) is 0 Å². The Balaban J connectivity index is 1.84. The standard InChI is InChI=1S/C14H18BrClN2O/c15-12-7-11(1-2-13(12)16)17-14(9-19)4-6-18-5-3-10(14)8-18/h1-2,7,10,17,19H,3-6,8-9H2. The van der Waals surface area contributed by atoms with E-state index < -0.39 is 0 Å². The number of piperidine rings is 1. The van der Waals surface area contributed by atoms with E-state index in [0.717, 1.165) is 29.7 Å². The van der Waals surface area contributed by atoms with Crippen LogP contribution in [0.5, 0.6) is 0 Å². The van der Waals surface area contributed by atoms with E-state index in [1.807, 2.05) is 18.2 Å². The van der Waals surface area contributed by atoms with Crippen LogP contribution >= 0.6 is 27.5 Å². The lowest BCUT2D eigenvalue weighted by molar-refractivity contribution is 0.112. The molecule has 0 spiro atoms. The zero-order chi connectivity index (χ0) is 13.5. The lowest BCUT2D eigenvalue weighted by atomic mass is 9.79. The van der Waals surface area contributed by atoms with Gasteiger partial charge in [0.1, 0.15) is 0 Å². The van der Waals surface area contributed by atoms with Crippen molar-refractivity contribution >= 4 is 33.2 Å². The molecular weight excluding hydrogens is 328 g/mol. The van der Waals surface area contributed by atoms with E-state index in [1.165, 1.54) is 13.0 Å². The Bertz CT molecular complexity index is 485. The normalized spacial score (nSPS) is 33.4. The molecule has 3 atom stereocenters. The average molecular weight is 346 g/mol. The van der Waals surface area contributed by atoms with Gasteiger partial charge in [-0.05, 0) is 59.4 Å². The minimum atomic E-state index is -0.180. The van der Waals surface area contributed by atoms with Crippen molar-refractivity contribution in [2.24, 2.45) is 5.92 Å². The van der Waals surface area contributed by atoms with Crippen LogP contribution in [-0.2, 0) is 0 Å². The molecule has 3 unspecified atom stereocenters. The molecule has 3 nitrogen and oxygen atoms in total. The van der Waals surface area contributed by atoms with E-state index in [9.17, 15) is 5.11 Å². The van der Waals surface area contributed by atoms with Crippen LogP contribution in [0.15, 0.2) is 22.7 Å². The number of halogens is 2. The first-order chi connectivity index (χ1) is 9.13. The smallest absolute Gasteiger partial charge is 0.0665 e. The predicted octanol–water partition coefficient (Wildman–Crippen LogP) is 2.97. The number of nitrogens with one attached hydrogen (secondary N) is 1. The second-order valence-corrected chi connectivity index (χ2v) is 6.87. The Labute approximate surface area is 127 Å². The molecule has 0 aromatic heterocycles. The van der Waals surface area contributed by atoms with Gasteiger partial charge in [-0.1, -0.05) is 11.6 Å². The SMILES string of the molecule is OCC1(Nc2ccc(Cl)c(Br)c2)CCN2CCC1C2. The van der Waals surface area contributed by atoms with Gasteiger partial charge in [-0.15, -0.1) is 0 Å². The number of benzene rings is 1. The van der Waals surface area contributed by atoms with Crippen molar-refractivity contribution in [3.8, 4) is 0 Å². The van der Waals surface area contributed by atoms with Crippen molar-refractivity contribution in [2.75, 3.05) is 31.6 Å². The quantitative estimate of drug-likeness (QED) is 0.884. The van der Waals surface area contributed by atoms with Crippen molar-refractivity contribution in [1.29, 1.82) is 0 Å². The zero-order valence-corrected chi connectivity index (χ0v) is 13.0. The fraction of sp³-hybridized carbons (Fsp3) is 0.571. The number of aliphatic hydroxyl groups is 1. The van der Waals surface area contributed by atoms with E-state index in [2.05, 4.69) is 26.1 Å². The summed E-state index contributed by atoms with van der Waals surface area (Å²) in [5.74, 6) is 0.528. The van der Waals surface area contributed by atoms with Gasteiger partial charge in [0.05, 0.1) is 17.2 Å². The molecule has 2 bridgehead atoms. The van der Waals surface area contributed by atoms with E-state index >= 15 is 0 Å². The molecule has 1 aromatic carbocycles. The fourth-order valence-electron chi connectivity index (χ4n) is 3.32. The monoisotopic (exact) mass is 344 g/mol. The van der Waals surface area contributed by atoms with Gasteiger partial charge < -0.3 is 15.3 Å². The first-order valence-electron chi connectivity index (χ1n) is 6.69. The number of fused-ring (bicyclic) bond motifs is 2. The molecule has 2 N–H and O–H groups in total. The molecule has 2 heterocycles. The van der Waals surface area contributed by atoms with Gasteiger partial charge in [-0.3, -0.25) is 0 Å². The lowest BCUT2D eigenvalue weighted by Crippen LogP contribution is -2.54. The van der Waals surface area contributed by atoms with Crippen LogP contribution in [0.3, 0.4) is 0 Å². The molecule has 104 valence electrons. The van der Waals surface area contributed by atoms with Gasteiger partial charge >= 0.3 is 0 Å². The average Bonchev–Trinajstić information content (AvgIpc) is 2.82. The highest BCUT2D eigenvalue weighted by molar-refractivity contribution is 9.10. The van der Waals surface area contributed by atoms with Gasteiger partial charge in [0.15, 0.2) is 0 Å². The highest BCUT2D eigenvalue weighted by Gasteiger charge is 2.45. The Kier molecular flexibility index (Phi) is 3.78. The summed E-state index contributed by atoms with van der Waals surface area (Å²) in [7, 11) is 0. The molecule has 5 heteroatoms. The van der Waals surface area contributed by atoms with Crippen LogP contribution in [-0.4, -0.2) is 41.8 Å². The number of anilines is 1. The molecule has 3 rings (SSSR count). The van der Waals surface area contributed by atoms with Crippen molar-refractivity contribution in [1.82, 2.24) is 4.90 Å². The summed E-state index contributed by atoms with van der Waals surface area (Å²) in [5, 5.41) is 14.2. The number of aliphatic hydroxyl groups excluding tert-OH is 1. The van der Waals surface area contributed by atoms with E-state index in [0.29, 0.717) is 10.9 Å². The fourth-order valence-corrected chi connectivity index (χ4v) is 3.82. The summed E-state index contributed by atoms with van der Waals surface area (Å²) in [6, 6.07) is 5.84. The number of hydrogen-bond acceptors (Lipinski definition) is 3. The molecule has 0 amide bonds. The van der Waals surface area contributed by atoms with Crippen molar-refractivity contribution < 1.29 is 5.11 Å². The first kappa shape index (κ1) is 13.7. The predicted molar refractivity (Wildman–Crippen MR) is 81.8 cm³/mol. The van der Waals surface area contributed by atoms with Crippen LogP contribution in [0.2, 0.25) is 5.02 Å². The summed E-state index contributed by atoms with van der Waals surface area (Å²) in [4.78, 5) is 2.48. The maximum absolute atomic E-state index is 9.93. The minimum absolute atomic E-state index is 0.180. The van der Waals surface area contributed by atoms with Gasteiger partial charge in [0.25, 0.3) is 0 Å². The van der Waals surface area contributed by atoms with Gasteiger partial charge in [-0.25, -0.2) is 0 Å². The van der Waals surface area contributed by atoms with Crippen molar-refractivity contribution in [2.45, 2.75) is 18.4 Å². The molecule has 1 aromatic rings. The maximum Gasteiger partial charge on any atom is 0.0665 e. The highest BCUT2D eigenvalue weighted by Crippen LogP contribution is 2.38. The molecule has 0 aliphatic carbocycles. The Hall–Kier alpha value is -0.290. The molecular formula is C14H18BrClN2O. The molecule has 2 fully saturated rings. The van der Waals surface area contributed by atoms with Crippen LogP contribution in [0.25, 0.3) is 0 Å². The molecule has 0 radical (unpaired) electrons. The van der Waals surface area contributed by atoms with Crippen LogP contribution in [0.4, 0.5) is 5.69 Å². The van der Waals surface area contributed by atoms with E-state index in [4.69, 9.17) is 11.6 Å². The first-order valence-corrected chi connectivity index (χ1v) is 7.86. The third-order valence-corrected chi connectivity index (χ3v) is 5.74. The Morgan fingerprint density at radius 2 is 2.32 bits per heavy atom. The van der Waals surface area contributed by atoms with Gasteiger partial charge in [0.2, 0.25) is 0 Å². The highest BCUT2D eigenvalue weighted by atomic mass is 79.9. The summed E-state index contributed by atoms with van der Waals surface area (Å²) >= 11 is 9.47. The Morgan fingerprint density at radius 3 is 3.05 bits per heavy atom. The number of rotatable bonds is 3. The number of hydrogen-bond donors (Lipinski definition) is 2. The second-order valence-electron chi connectivity index (χ2n) is 5.60.